The topological polar surface area (TPSA) is 45.6 Å². The molecule has 18 heavy (non-hydrogen) atoms. The summed E-state index contributed by atoms with van der Waals surface area (Å²) in [7, 11) is 0. The van der Waals surface area contributed by atoms with Gasteiger partial charge >= 0.3 is 0 Å². The molecule has 1 aliphatic heterocycles. The van der Waals surface area contributed by atoms with Crippen molar-refractivity contribution in [2.45, 2.75) is 38.0 Å². The summed E-state index contributed by atoms with van der Waals surface area (Å²) in [6.45, 7) is 1.24. The SMILES string of the molecule is OCc1cc(F)cnc1N1CCOC2CCCC21. The molecule has 2 aliphatic rings. The molecular weight excluding hydrogens is 235 g/mol. The maximum Gasteiger partial charge on any atom is 0.142 e. The van der Waals surface area contributed by atoms with Gasteiger partial charge in [-0.25, -0.2) is 9.37 Å². The Bertz CT molecular complexity index is 441. The summed E-state index contributed by atoms with van der Waals surface area (Å²) in [5.41, 5.74) is 0.558. The highest BCUT2D eigenvalue weighted by molar-refractivity contribution is 5.48. The predicted molar refractivity (Wildman–Crippen MR) is 64.8 cm³/mol. The largest absolute Gasteiger partial charge is 0.392 e. The highest BCUT2D eigenvalue weighted by Gasteiger charge is 2.37. The fourth-order valence-corrected chi connectivity index (χ4v) is 3.04. The van der Waals surface area contributed by atoms with Crippen molar-refractivity contribution in [2.24, 2.45) is 0 Å². The van der Waals surface area contributed by atoms with Crippen LogP contribution in [0.3, 0.4) is 0 Å². The number of pyridine rings is 1. The monoisotopic (exact) mass is 252 g/mol. The number of anilines is 1. The first-order chi connectivity index (χ1) is 8.79. The summed E-state index contributed by atoms with van der Waals surface area (Å²) < 4.78 is 18.9. The van der Waals surface area contributed by atoms with Gasteiger partial charge in [-0.3, -0.25) is 0 Å². The summed E-state index contributed by atoms with van der Waals surface area (Å²) in [5, 5.41) is 9.35. The summed E-state index contributed by atoms with van der Waals surface area (Å²) in [6, 6.07) is 1.68. The lowest BCUT2D eigenvalue weighted by Gasteiger charge is -2.39. The second-order valence-corrected chi connectivity index (χ2v) is 4.90. The molecule has 2 heterocycles. The van der Waals surface area contributed by atoms with Crippen LogP contribution in [0.25, 0.3) is 0 Å². The van der Waals surface area contributed by atoms with Gasteiger partial charge in [-0.2, -0.15) is 0 Å². The number of aromatic nitrogens is 1. The van der Waals surface area contributed by atoms with E-state index in [-0.39, 0.29) is 12.7 Å². The van der Waals surface area contributed by atoms with Crippen LogP contribution in [0, 0.1) is 5.82 Å². The average Bonchev–Trinajstić information content (AvgIpc) is 2.86. The van der Waals surface area contributed by atoms with Crippen LogP contribution >= 0.6 is 0 Å². The van der Waals surface area contributed by atoms with Crippen LogP contribution in [0.2, 0.25) is 0 Å². The molecule has 0 amide bonds. The minimum atomic E-state index is -0.404. The van der Waals surface area contributed by atoms with E-state index in [0.717, 1.165) is 25.8 Å². The molecule has 1 saturated heterocycles. The van der Waals surface area contributed by atoms with Crippen LogP contribution < -0.4 is 4.90 Å². The molecule has 2 atom stereocenters. The van der Waals surface area contributed by atoms with Gasteiger partial charge in [-0.05, 0) is 25.3 Å². The third kappa shape index (κ3) is 1.97. The first-order valence-electron chi connectivity index (χ1n) is 6.43. The van der Waals surface area contributed by atoms with E-state index >= 15 is 0 Å². The fourth-order valence-electron chi connectivity index (χ4n) is 3.04. The lowest BCUT2D eigenvalue weighted by molar-refractivity contribution is 0.0251. The molecule has 1 aromatic heterocycles. The van der Waals surface area contributed by atoms with E-state index in [1.165, 1.54) is 12.3 Å². The third-order valence-corrected chi connectivity index (χ3v) is 3.83. The Morgan fingerprint density at radius 2 is 2.39 bits per heavy atom. The zero-order valence-corrected chi connectivity index (χ0v) is 10.2. The van der Waals surface area contributed by atoms with Crippen LogP contribution in [0.15, 0.2) is 12.3 Å². The molecule has 1 saturated carbocycles. The van der Waals surface area contributed by atoms with Crippen LogP contribution in [-0.4, -0.2) is 35.4 Å². The molecular formula is C13H17FN2O2. The molecule has 1 aromatic rings. The molecule has 2 unspecified atom stereocenters. The van der Waals surface area contributed by atoms with Gasteiger partial charge in [0.1, 0.15) is 11.6 Å². The smallest absolute Gasteiger partial charge is 0.142 e. The van der Waals surface area contributed by atoms with Crippen molar-refractivity contribution in [3.05, 3.63) is 23.6 Å². The maximum atomic E-state index is 13.2. The van der Waals surface area contributed by atoms with Gasteiger partial charge in [0, 0.05) is 12.1 Å². The first kappa shape index (κ1) is 11.9. The number of fused-ring (bicyclic) bond motifs is 1. The van der Waals surface area contributed by atoms with Gasteiger partial charge in [-0.15, -0.1) is 0 Å². The van der Waals surface area contributed by atoms with Crippen molar-refractivity contribution in [1.82, 2.24) is 4.98 Å². The number of hydrogen-bond acceptors (Lipinski definition) is 4. The van der Waals surface area contributed by atoms with Gasteiger partial charge in [0.15, 0.2) is 0 Å². The Labute approximate surface area is 105 Å². The number of rotatable bonds is 2. The summed E-state index contributed by atoms with van der Waals surface area (Å²) >= 11 is 0. The van der Waals surface area contributed by atoms with Crippen molar-refractivity contribution in [1.29, 1.82) is 0 Å². The minimum Gasteiger partial charge on any atom is -0.392 e. The molecule has 0 radical (unpaired) electrons. The number of morpholine rings is 1. The van der Waals surface area contributed by atoms with Crippen LogP contribution in [0.5, 0.6) is 0 Å². The number of aliphatic hydroxyl groups excluding tert-OH is 1. The second kappa shape index (κ2) is 4.82. The number of hydrogen-bond donors (Lipinski definition) is 1. The minimum absolute atomic E-state index is 0.186. The zero-order valence-electron chi connectivity index (χ0n) is 10.2. The molecule has 3 rings (SSSR count). The van der Waals surface area contributed by atoms with Gasteiger partial charge in [0.2, 0.25) is 0 Å². The summed E-state index contributed by atoms with van der Waals surface area (Å²) in [6.07, 6.45) is 4.79. The van der Waals surface area contributed by atoms with E-state index in [2.05, 4.69) is 9.88 Å². The van der Waals surface area contributed by atoms with E-state index in [9.17, 15) is 9.50 Å². The van der Waals surface area contributed by atoms with Crippen LogP contribution in [-0.2, 0) is 11.3 Å². The van der Waals surface area contributed by atoms with Crippen molar-refractivity contribution >= 4 is 5.82 Å². The molecule has 0 aromatic carbocycles. The molecule has 5 heteroatoms. The highest BCUT2D eigenvalue weighted by atomic mass is 19.1. The van der Waals surface area contributed by atoms with Gasteiger partial charge in [-0.1, -0.05) is 0 Å². The Morgan fingerprint density at radius 1 is 1.50 bits per heavy atom. The number of nitrogens with zero attached hydrogens (tertiary/aromatic N) is 2. The van der Waals surface area contributed by atoms with E-state index in [1.807, 2.05) is 0 Å². The quantitative estimate of drug-likeness (QED) is 0.865. The zero-order chi connectivity index (χ0) is 12.5. The molecule has 1 N–H and O–H groups in total. The highest BCUT2D eigenvalue weighted by Crippen LogP contribution is 2.33. The molecule has 0 bridgehead atoms. The normalized spacial score (nSPS) is 27.3. The summed E-state index contributed by atoms with van der Waals surface area (Å²) in [4.78, 5) is 6.34. The molecule has 4 nitrogen and oxygen atoms in total. The van der Waals surface area contributed by atoms with Gasteiger partial charge < -0.3 is 14.7 Å². The van der Waals surface area contributed by atoms with Crippen LogP contribution in [0.4, 0.5) is 10.2 Å². The van der Waals surface area contributed by atoms with Gasteiger partial charge in [0.25, 0.3) is 0 Å². The first-order valence-corrected chi connectivity index (χ1v) is 6.43. The fraction of sp³-hybridized carbons (Fsp3) is 0.615. The van der Waals surface area contributed by atoms with E-state index in [1.54, 1.807) is 0 Å². The number of ether oxygens (including phenoxy) is 1. The molecule has 2 fully saturated rings. The van der Waals surface area contributed by atoms with E-state index in [4.69, 9.17) is 4.74 Å². The Balaban J connectivity index is 1.93. The maximum absolute atomic E-state index is 13.2. The third-order valence-electron chi connectivity index (χ3n) is 3.83. The predicted octanol–water partition coefficient (Wildman–Crippen LogP) is 1.47. The standard InChI is InChI=1S/C13H17FN2O2/c14-10-6-9(8-17)13(15-7-10)16-4-5-18-12-3-1-2-11(12)16/h6-7,11-12,17H,1-5,8H2. The Kier molecular flexibility index (Phi) is 3.18. The average molecular weight is 252 g/mol. The van der Waals surface area contributed by atoms with E-state index in [0.29, 0.717) is 24.0 Å². The molecule has 98 valence electrons. The van der Waals surface area contributed by atoms with Crippen molar-refractivity contribution in [3.63, 3.8) is 0 Å². The van der Waals surface area contributed by atoms with Gasteiger partial charge in [0.05, 0.1) is 31.6 Å². The Morgan fingerprint density at radius 3 is 3.22 bits per heavy atom. The van der Waals surface area contributed by atoms with Crippen molar-refractivity contribution in [3.8, 4) is 0 Å². The number of aliphatic hydroxyl groups is 1. The summed E-state index contributed by atoms with van der Waals surface area (Å²) in [5.74, 6) is 0.304. The van der Waals surface area contributed by atoms with Crippen LogP contribution in [0.1, 0.15) is 24.8 Å². The lowest BCUT2D eigenvalue weighted by atomic mass is 10.1. The Hall–Kier alpha value is -1.20. The lowest BCUT2D eigenvalue weighted by Crippen LogP contribution is -2.49. The number of halogens is 1. The molecule has 0 spiro atoms. The van der Waals surface area contributed by atoms with Crippen molar-refractivity contribution < 1.29 is 14.2 Å². The second-order valence-electron chi connectivity index (χ2n) is 4.90. The van der Waals surface area contributed by atoms with E-state index < -0.39 is 5.82 Å². The molecule has 1 aliphatic carbocycles. The van der Waals surface area contributed by atoms with Crippen molar-refractivity contribution in [2.75, 3.05) is 18.1 Å².